The largest absolute Gasteiger partial charge is 0.464 e. The summed E-state index contributed by atoms with van der Waals surface area (Å²) < 4.78 is 24.2. The van der Waals surface area contributed by atoms with Crippen LogP contribution in [0.3, 0.4) is 0 Å². The van der Waals surface area contributed by atoms with Crippen LogP contribution < -0.4 is 5.43 Å². The van der Waals surface area contributed by atoms with Gasteiger partial charge in [-0.05, 0) is 35.2 Å². The van der Waals surface area contributed by atoms with Gasteiger partial charge in [0.25, 0.3) is 0 Å². The van der Waals surface area contributed by atoms with Crippen molar-refractivity contribution in [2.45, 2.75) is 40.3 Å². The van der Waals surface area contributed by atoms with E-state index < -0.39 is 0 Å². The van der Waals surface area contributed by atoms with Crippen molar-refractivity contribution in [2.75, 3.05) is 26.8 Å². The highest BCUT2D eigenvalue weighted by molar-refractivity contribution is 5.85. The van der Waals surface area contributed by atoms with E-state index in [0.29, 0.717) is 22.1 Å². The average Bonchev–Trinajstić information content (AvgIpc) is 2.83. The molecule has 0 spiro atoms. The maximum atomic E-state index is 13.5. The number of rotatable bonds is 10. The predicted octanol–water partition coefficient (Wildman–Crippen LogP) is 4.37. The minimum Gasteiger partial charge on any atom is -0.464 e. The number of hydrogen-bond donors (Lipinski definition) is 0. The number of para-hydroxylation sites is 1. The molecule has 0 unspecified atom stereocenters. The van der Waals surface area contributed by atoms with Gasteiger partial charge in [0, 0.05) is 26.6 Å². The number of methoxy groups -OCH3 is 1. The molecule has 3 rings (SSSR count). The van der Waals surface area contributed by atoms with E-state index in [0.717, 1.165) is 0 Å². The molecule has 0 aliphatic heterocycles. The summed E-state index contributed by atoms with van der Waals surface area (Å²) in [6.07, 6.45) is 1.64. The van der Waals surface area contributed by atoms with Gasteiger partial charge in [-0.1, -0.05) is 45.0 Å². The third-order valence-corrected chi connectivity index (χ3v) is 5.68. The Hall–Kier alpha value is -3.52. The number of carbonyl (C=O) groups excluding carboxylic acids is 2. The van der Waals surface area contributed by atoms with Crippen molar-refractivity contribution in [1.29, 1.82) is 0 Å². The molecule has 0 N–H and O–H groups in total. The van der Waals surface area contributed by atoms with Crippen LogP contribution in [0.5, 0.6) is 0 Å². The molecule has 1 aromatic heterocycles. The highest BCUT2D eigenvalue weighted by Gasteiger charge is 2.26. The van der Waals surface area contributed by atoms with Crippen LogP contribution in [0.4, 0.5) is 4.39 Å². The minimum absolute atomic E-state index is 0.0189. The van der Waals surface area contributed by atoms with E-state index in [1.54, 1.807) is 36.4 Å². The van der Waals surface area contributed by atoms with Crippen LogP contribution >= 0.6 is 0 Å². The highest BCUT2D eigenvalue weighted by atomic mass is 19.1. The standard InChI is InChI=1S/C28H33FN2O5/c1-28(2,3)15-25(32)30(13-14-35-4)18-26(33)31(16-20-9-11-22(29)12-10-20)17-21-19-36-24-8-6-5-7-23(24)27(21)34/h5-12,19H,13-18H2,1-4H3. The molecule has 0 bridgehead atoms. The van der Waals surface area contributed by atoms with E-state index in [1.807, 2.05) is 20.8 Å². The fraction of sp³-hybridized carbons (Fsp3) is 0.393. The van der Waals surface area contributed by atoms with Gasteiger partial charge < -0.3 is 19.0 Å². The van der Waals surface area contributed by atoms with Crippen LogP contribution in [0.25, 0.3) is 11.0 Å². The molecule has 192 valence electrons. The van der Waals surface area contributed by atoms with Crippen LogP contribution in [-0.4, -0.2) is 48.4 Å². The fourth-order valence-corrected chi connectivity index (χ4v) is 3.80. The monoisotopic (exact) mass is 496 g/mol. The van der Waals surface area contributed by atoms with Crippen molar-refractivity contribution in [3.8, 4) is 0 Å². The molecule has 0 fully saturated rings. The minimum atomic E-state index is -0.384. The third-order valence-electron chi connectivity index (χ3n) is 5.68. The molecule has 1 heterocycles. The maximum Gasteiger partial charge on any atom is 0.242 e. The molecule has 3 aromatic rings. The third kappa shape index (κ3) is 7.49. The lowest BCUT2D eigenvalue weighted by molar-refractivity contribution is -0.142. The van der Waals surface area contributed by atoms with Gasteiger partial charge in [0.15, 0.2) is 5.43 Å². The summed E-state index contributed by atoms with van der Waals surface area (Å²) >= 11 is 0. The van der Waals surface area contributed by atoms with Gasteiger partial charge in [-0.2, -0.15) is 0 Å². The summed E-state index contributed by atoms with van der Waals surface area (Å²) in [7, 11) is 1.54. The van der Waals surface area contributed by atoms with Crippen molar-refractivity contribution < 1.29 is 23.1 Å². The second-order valence-electron chi connectivity index (χ2n) is 10.0. The Bertz CT molecular complexity index is 1250. The van der Waals surface area contributed by atoms with E-state index >= 15 is 0 Å². The molecule has 2 aromatic carbocycles. The number of amides is 2. The smallest absolute Gasteiger partial charge is 0.242 e. The number of fused-ring (bicyclic) bond motifs is 1. The first-order valence-electron chi connectivity index (χ1n) is 11.9. The Labute approximate surface area is 210 Å². The molecule has 36 heavy (non-hydrogen) atoms. The molecule has 0 aliphatic rings. The van der Waals surface area contributed by atoms with Crippen molar-refractivity contribution in [1.82, 2.24) is 9.80 Å². The average molecular weight is 497 g/mol. The van der Waals surface area contributed by atoms with Crippen LogP contribution in [-0.2, 0) is 27.4 Å². The van der Waals surface area contributed by atoms with Crippen LogP contribution in [0.15, 0.2) is 64.0 Å². The number of benzene rings is 2. The number of nitrogens with zero attached hydrogens (tertiary/aromatic N) is 2. The lowest BCUT2D eigenvalue weighted by Gasteiger charge is -2.29. The Morgan fingerprint density at radius 2 is 1.67 bits per heavy atom. The molecule has 8 heteroatoms. The van der Waals surface area contributed by atoms with Crippen LogP contribution in [0.2, 0.25) is 0 Å². The molecule has 0 saturated heterocycles. The summed E-state index contributed by atoms with van der Waals surface area (Å²) in [4.78, 5) is 42.5. The summed E-state index contributed by atoms with van der Waals surface area (Å²) in [5, 5.41) is 0.422. The van der Waals surface area contributed by atoms with Gasteiger partial charge >= 0.3 is 0 Å². The maximum absolute atomic E-state index is 13.5. The molecule has 0 saturated carbocycles. The molecule has 0 atom stereocenters. The molecular weight excluding hydrogens is 463 g/mol. The van der Waals surface area contributed by atoms with E-state index in [-0.39, 0.29) is 67.7 Å². The summed E-state index contributed by atoms with van der Waals surface area (Å²) in [6, 6.07) is 12.7. The van der Waals surface area contributed by atoms with E-state index in [1.165, 1.54) is 35.3 Å². The van der Waals surface area contributed by atoms with Gasteiger partial charge in [-0.25, -0.2) is 4.39 Å². The molecule has 0 radical (unpaired) electrons. The number of carbonyl (C=O) groups is 2. The number of ether oxygens (including phenoxy) is 1. The number of hydrogen-bond acceptors (Lipinski definition) is 5. The first-order valence-corrected chi connectivity index (χ1v) is 11.9. The normalized spacial score (nSPS) is 11.5. The highest BCUT2D eigenvalue weighted by Crippen LogP contribution is 2.20. The van der Waals surface area contributed by atoms with Gasteiger partial charge in [0.2, 0.25) is 11.8 Å². The zero-order chi connectivity index (χ0) is 26.3. The molecular formula is C28H33FN2O5. The molecule has 7 nitrogen and oxygen atoms in total. The van der Waals surface area contributed by atoms with E-state index in [9.17, 15) is 18.8 Å². The zero-order valence-electron chi connectivity index (χ0n) is 21.3. The lowest BCUT2D eigenvalue weighted by Crippen LogP contribution is -2.44. The Kier molecular flexibility index (Phi) is 8.98. The van der Waals surface area contributed by atoms with Crippen LogP contribution in [0.1, 0.15) is 38.3 Å². The Balaban J connectivity index is 1.89. The first kappa shape index (κ1) is 27.1. The first-order chi connectivity index (χ1) is 17.1. The summed E-state index contributed by atoms with van der Waals surface area (Å²) in [5.74, 6) is -0.879. The Morgan fingerprint density at radius 1 is 0.972 bits per heavy atom. The van der Waals surface area contributed by atoms with Crippen molar-refractivity contribution in [3.05, 3.63) is 82.0 Å². The van der Waals surface area contributed by atoms with Gasteiger partial charge in [0.1, 0.15) is 11.4 Å². The second kappa shape index (κ2) is 11.9. The molecule has 2 amide bonds. The summed E-state index contributed by atoms with van der Waals surface area (Å²) in [6.45, 7) is 6.38. The molecule has 0 aliphatic carbocycles. The van der Waals surface area contributed by atoms with Crippen molar-refractivity contribution in [2.24, 2.45) is 5.41 Å². The van der Waals surface area contributed by atoms with E-state index in [4.69, 9.17) is 9.15 Å². The zero-order valence-corrected chi connectivity index (χ0v) is 21.3. The van der Waals surface area contributed by atoms with Crippen LogP contribution in [0, 0.1) is 11.2 Å². The van der Waals surface area contributed by atoms with Crippen molar-refractivity contribution >= 4 is 22.8 Å². The lowest BCUT2D eigenvalue weighted by atomic mass is 9.91. The predicted molar refractivity (Wildman–Crippen MR) is 136 cm³/mol. The summed E-state index contributed by atoms with van der Waals surface area (Å²) in [5.41, 5.74) is 0.992. The van der Waals surface area contributed by atoms with Gasteiger partial charge in [0.05, 0.1) is 36.9 Å². The topological polar surface area (TPSA) is 80.1 Å². The van der Waals surface area contributed by atoms with Gasteiger partial charge in [-0.3, -0.25) is 14.4 Å². The quantitative estimate of drug-likeness (QED) is 0.416. The number of halogens is 1. The second-order valence-corrected chi connectivity index (χ2v) is 10.0. The Morgan fingerprint density at radius 3 is 2.33 bits per heavy atom. The van der Waals surface area contributed by atoms with Gasteiger partial charge in [-0.15, -0.1) is 0 Å². The SMILES string of the molecule is COCCN(CC(=O)N(Cc1ccc(F)cc1)Cc1coc2ccccc2c1=O)C(=O)CC(C)(C)C. The van der Waals surface area contributed by atoms with E-state index in [2.05, 4.69) is 0 Å². The van der Waals surface area contributed by atoms with Crippen molar-refractivity contribution in [3.63, 3.8) is 0 Å². The fourth-order valence-electron chi connectivity index (χ4n) is 3.80.